The van der Waals surface area contributed by atoms with E-state index < -0.39 is 18.0 Å². The number of unbranched alkanes of at least 4 members (excludes halogenated alkanes) is 16. The number of carboxylic acid groups (broad SMARTS) is 2. The summed E-state index contributed by atoms with van der Waals surface area (Å²) in [5.74, 6) is -3.19. The van der Waals surface area contributed by atoms with E-state index in [-0.39, 0.29) is 131 Å². The lowest BCUT2D eigenvalue weighted by Gasteiger charge is -2.28. The summed E-state index contributed by atoms with van der Waals surface area (Å²) in [6.45, 7) is 4.42. The van der Waals surface area contributed by atoms with Crippen molar-refractivity contribution in [3.63, 3.8) is 0 Å². The second-order valence-corrected chi connectivity index (χ2v) is 19.6. The van der Waals surface area contributed by atoms with Crippen LogP contribution in [0.5, 0.6) is 0 Å². The molecule has 0 bridgehead atoms. The van der Waals surface area contributed by atoms with Gasteiger partial charge in [0.2, 0.25) is 29.5 Å². The Balaban J connectivity index is 1.97. The topological polar surface area (TPSA) is 274 Å². The fourth-order valence-corrected chi connectivity index (χ4v) is 8.38. The van der Waals surface area contributed by atoms with E-state index in [2.05, 4.69) is 39.2 Å². The summed E-state index contributed by atoms with van der Waals surface area (Å²) < 4.78 is 21.4. The molecule has 0 saturated heterocycles. The van der Waals surface area contributed by atoms with Crippen molar-refractivity contribution in [3.8, 4) is 0 Å². The van der Waals surface area contributed by atoms with Gasteiger partial charge in [-0.15, -0.1) is 12.6 Å². The van der Waals surface area contributed by atoms with Crippen molar-refractivity contribution in [2.24, 2.45) is 17.8 Å². The van der Waals surface area contributed by atoms with Crippen LogP contribution in [-0.2, 0) is 57.3 Å². The lowest BCUT2D eigenvalue weighted by atomic mass is 9.81. The molecule has 0 radical (unpaired) electrons. The summed E-state index contributed by atoms with van der Waals surface area (Å²) in [7, 11) is 0. The molecule has 19 nitrogen and oxygen atoms in total. The number of rotatable bonds is 49. The molecule has 5 amide bonds. The maximum absolute atomic E-state index is 13.0. The number of aliphatic carboxylic acids is 2. The molecule has 416 valence electrons. The van der Waals surface area contributed by atoms with Crippen molar-refractivity contribution in [2.75, 3.05) is 79.0 Å². The van der Waals surface area contributed by atoms with Crippen LogP contribution in [0.1, 0.15) is 180 Å². The van der Waals surface area contributed by atoms with Gasteiger partial charge in [-0.3, -0.25) is 33.6 Å². The summed E-state index contributed by atoms with van der Waals surface area (Å²) in [6, 6.07) is -1.19. The Kier molecular flexibility index (Phi) is 42.0. The minimum Gasteiger partial charge on any atom is -0.481 e. The second-order valence-electron chi connectivity index (χ2n) is 19.1. The largest absolute Gasteiger partial charge is 0.481 e. The average Bonchev–Trinajstić information content (AvgIpc) is 3.35. The van der Waals surface area contributed by atoms with Crippen molar-refractivity contribution in [1.29, 1.82) is 0 Å². The molecule has 20 heteroatoms. The number of carboxylic acids is 2. The number of hydrogen-bond acceptors (Lipinski definition) is 12. The average molecular weight is 1040 g/mol. The summed E-state index contributed by atoms with van der Waals surface area (Å²) in [5, 5.41) is 32.0. The van der Waals surface area contributed by atoms with Gasteiger partial charge in [0.1, 0.15) is 19.3 Å². The fraction of sp³-hybridized carbons (Fsp3) is 0.846. The van der Waals surface area contributed by atoms with Crippen LogP contribution in [0.15, 0.2) is 0 Å². The van der Waals surface area contributed by atoms with Gasteiger partial charge in [-0.25, -0.2) is 4.79 Å². The van der Waals surface area contributed by atoms with Gasteiger partial charge in [-0.1, -0.05) is 103 Å². The number of nitrogens with one attached hydrogen (secondary N) is 5. The summed E-state index contributed by atoms with van der Waals surface area (Å²) in [6.07, 6.45) is 24.5. The zero-order valence-corrected chi connectivity index (χ0v) is 44.5. The van der Waals surface area contributed by atoms with E-state index in [4.69, 9.17) is 24.1 Å². The lowest BCUT2D eigenvalue weighted by Crippen LogP contribution is -2.45. The number of hydrogen-bond donors (Lipinski definition) is 8. The normalized spacial score (nSPS) is 15.2. The molecule has 1 saturated carbocycles. The van der Waals surface area contributed by atoms with E-state index in [1.54, 1.807) is 0 Å². The minimum absolute atomic E-state index is 0.0558. The Bertz CT molecular complexity index is 1500. The summed E-state index contributed by atoms with van der Waals surface area (Å²) in [5.41, 5.74) is 0. The highest BCUT2D eigenvalue weighted by Crippen LogP contribution is 2.29. The summed E-state index contributed by atoms with van der Waals surface area (Å²) >= 11 is 3.81. The first-order valence-corrected chi connectivity index (χ1v) is 27.6. The molecule has 0 heterocycles. The van der Waals surface area contributed by atoms with E-state index >= 15 is 0 Å². The smallest absolute Gasteiger partial charge is 0.326 e. The van der Waals surface area contributed by atoms with Gasteiger partial charge in [-0.05, 0) is 63.7 Å². The molecule has 0 aliphatic heterocycles. The van der Waals surface area contributed by atoms with Crippen LogP contribution in [0, 0.1) is 17.8 Å². The van der Waals surface area contributed by atoms with Gasteiger partial charge in [-0.2, -0.15) is 0 Å². The predicted molar refractivity (Wildman–Crippen MR) is 277 cm³/mol. The van der Waals surface area contributed by atoms with Crippen LogP contribution in [0.25, 0.3) is 0 Å². The molecule has 0 unspecified atom stereocenters. The van der Waals surface area contributed by atoms with Crippen LogP contribution in [0.2, 0.25) is 0 Å². The Morgan fingerprint density at radius 2 is 0.931 bits per heavy atom. The molecule has 0 aromatic rings. The molecular weight excluding hydrogens is 951 g/mol. The molecule has 1 aliphatic carbocycles. The number of carbonyl (C=O) groups is 8. The number of thiol groups is 1. The molecular formula is C52H93N5O14S. The van der Waals surface area contributed by atoms with Crippen molar-refractivity contribution >= 4 is 59.2 Å². The molecule has 2 atom stereocenters. The second kappa shape index (κ2) is 45.7. The lowest BCUT2D eigenvalue weighted by molar-refractivity contribution is -0.143. The van der Waals surface area contributed by atoms with Gasteiger partial charge in [0, 0.05) is 57.3 Å². The van der Waals surface area contributed by atoms with Crippen LogP contribution >= 0.6 is 12.6 Å². The summed E-state index contributed by atoms with van der Waals surface area (Å²) in [4.78, 5) is 95.1. The third kappa shape index (κ3) is 40.6. The number of amides is 5. The third-order valence-electron chi connectivity index (χ3n) is 12.8. The first-order chi connectivity index (χ1) is 34.8. The Morgan fingerprint density at radius 3 is 1.42 bits per heavy atom. The van der Waals surface area contributed by atoms with E-state index in [1.807, 2.05) is 6.92 Å². The van der Waals surface area contributed by atoms with Crippen molar-refractivity contribution < 1.29 is 67.5 Å². The van der Waals surface area contributed by atoms with Crippen molar-refractivity contribution in [1.82, 2.24) is 26.6 Å². The first kappa shape index (κ1) is 66.2. The molecule has 1 rings (SSSR count). The van der Waals surface area contributed by atoms with Gasteiger partial charge < -0.3 is 55.7 Å². The molecule has 0 spiro atoms. The molecule has 7 N–H and O–H groups in total. The van der Waals surface area contributed by atoms with Gasteiger partial charge >= 0.3 is 11.9 Å². The van der Waals surface area contributed by atoms with E-state index in [0.29, 0.717) is 38.8 Å². The van der Waals surface area contributed by atoms with Gasteiger partial charge in [0.25, 0.3) is 0 Å². The van der Waals surface area contributed by atoms with Crippen LogP contribution in [0.3, 0.4) is 0 Å². The van der Waals surface area contributed by atoms with E-state index in [0.717, 1.165) is 70.6 Å². The van der Waals surface area contributed by atoms with Crippen LogP contribution in [-0.4, -0.2) is 142 Å². The number of ether oxygens (including phenoxy) is 4. The highest BCUT2D eigenvalue weighted by molar-refractivity contribution is 7.96. The molecule has 0 aromatic heterocycles. The van der Waals surface area contributed by atoms with E-state index in [9.17, 15) is 43.5 Å². The first-order valence-electron chi connectivity index (χ1n) is 27.1. The van der Waals surface area contributed by atoms with Crippen LogP contribution in [0.4, 0.5) is 0 Å². The zero-order valence-electron chi connectivity index (χ0n) is 43.6. The van der Waals surface area contributed by atoms with Gasteiger partial charge in [0.05, 0.1) is 39.6 Å². The third-order valence-corrected chi connectivity index (χ3v) is 13.2. The maximum atomic E-state index is 13.0. The molecule has 1 aliphatic rings. The highest BCUT2D eigenvalue weighted by atomic mass is 32.1. The van der Waals surface area contributed by atoms with Crippen molar-refractivity contribution in [3.05, 3.63) is 0 Å². The van der Waals surface area contributed by atoms with E-state index in [1.165, 1.54) is 64.2 Å². The zero-order chi connectivity index (χ0) is 52.9. The Hall–Kier alpha value is -3.85. The number of carbonyl (C=O) groups excluding carboxylic acids is 6. The minimum atomic E-state index is -1.20. The fourth-order valence-electron chi connectivity index (χ4n) is 8.25. The maximum Gasteiger partial charge on any atom is 0.326 e. The molecule has 1 fully saturated rings. The SMILES string of the molecule is C[C@@H](CCCCNC(=O)COCCOCCNC(=O)COCCOCCNC(=O)CC[C@H](NC(=O)C1CCC(CNC(=O)CCCCCCCCCCCCCCCCCCC(=O)O)CC1)C(=O)O)C(=O)S. The predicted octanol–water partition coefficient (Wildman–Crippen LogP) is 6.04. The molecule has 0 aromatic carbocycles. The quantitative estimate of drug-likeness (QED) is 0.0255. The highest BCUT2D eigenvalue weighted by Gasteiger charge is 2.30. The van der Waals surface area contributed by atoms with Crippen LogP contribution < -0.4 is 26.6 Å². The molecule has 72 heavy (non-hydrogen) atoms. The monoisotopic (exact) mass is 1040 g/mol. The van der Waals surface area contributed by atoms with Crippen molar-refractivity contribution in [2.45, 2.75) is 186 Å². The van der Waals surface area contributed by atoms with Gasteiger partial charge in [0.15, 0.2) is 5.12 Å². The Labute approximate surface area is 435 Å². The standard InChI is InChI=1S/C52H93N5O14S/c1-41(52(67)72)20-18-19-29-53-47(60)39-70-36-35-69-33-31-55-48(61)40-71-37-34-68-32-30-54-46(59)28-27-44(51(65)66)57-50(64)43-25-23-42(24-26-43)38-56-45(58)21-16-14-12-10-8-6-4-2-3-5-7-9-11-13-15-17-22-49(62)63/h41-44H,2-40H2,1H3,(H,53,60)(H,54,59)(H,55,61)(H,56,58)(H,57,64)(H,62,63)(H,65,66)(H,67,72)/t41-,42?,43?,44-/m0/s1. The Morgan fingerprint density at radius 1 is 0.486 bits per heavy atom.